The van der Waals surface area contributed by atoms with Crippen LogP contribution in [0.3, 0.4) is 0 Å². The molecule has 2 aromatic carbocycles. The number of hydrogen-bond donors (Lipinski definition) is 0. The van der Waals surface area contributed by atoms with Crippen LogP contribution in [-0.4, -0.2) is 33.4 Å². The fraction of sp³-hybridized carbons (Fsp3) is 0.478. The summed E-state index contributed by atoms with van der Waals surface area (Å²) in [6, 6.07) is 14.6. The first-order valence-corrected chi connectivity index (χ1v) is 9.93. The summed E-state index contributed by atoms with van der Waals surface area (Å²) >= 11 is 0. The molecule has 2 aliphatic rings. The van der Waals surface area contributed by atoms with Crippen molar-refractivity contribution in [1.29, 1.82) is 0 Å². The molecule has 2 aromatic rings. The first-order chi connectivity index (χ1) is 13.7. The molecule has 4 rings (SSSR count). The number of hydrogen-bond acceptors (Lipinski definition) is 5. The third-order valence-electron chi connectivity index (χ3n) is 5.75. The van der Waals surface area contributed by atoms with Crippen molar-refractivity contribution >= 4 is 0 Å². The van der Waals surface area contributed by atoms with Gasteiger partial charge in [0.05, 0.1) is 6.10 Å². The zero-order chi connectivity index (χ0) is 19.3. The molecule has 0 spiro atoms. The van der Waals surface area contributed by atoms with Crippen molar-refractivity contribution in [3.05, 3.63) is 53.6 Å². The third-order valence-corrected chi connectivity index (χ3v) is 5.75. The van der Waals surface area contributed by atoms with Gasteiger partial charge in [-0.25, -0.2) is 0 Å². The van der Waals surface area contributed by atoms with Crippen LogP contribution in [-0.2, 0) is 22.3 Å². The zero-order valence-corrected chi connectivity index (χ0v) is 16.6. The fourth-order valence-corrected chi connectivity index (χ4v) is 4.20. The smallest absolute Gasteiger partial charge is 0.231 e. The van der Waals surface area contributed by atoms with Crippen LogP contribution in [0.1, 0.15) is 24.5 Å². The Morgan fingerprint density at radius 3 is 2.57 bits per heavy atom. The Morgan fingerprint density at radius 1 is 0.964 bits per heavy atom. The SMILES string of the molecule is COCOc1ccc(C[C@H]2CCOC(C)[C@@H]2Cc2ccc3c(c2)OCO3)cc1. The fourth-order valence-electron chi connectivity index (χ4n) is 4.20. The predicted molar refractivity (Wildman–Crippen MR) is 106 cm³/mol. The van der Waals surface area contributed by atoms with Crippen molar-refractivity contribution in [1.82, 2.24) is 0 Å². The normalized spacial score (nSPS) is 23.6. The lowest BCUT2D eigenvalue weighted by atomic mass is 9.76. The molecule has 1 fully saturated rings. The number of rotatable bonds is 7. The third kappa shape index (κ3) is 4.42. The van der Waals surface area contributed by atoms with Crippen LogP contribution in [0.4, 0.5) is 0 Å². The summed E-state index contributed by atoms with van der Waals surface area (Å²) in [6.07, 6.45) is 3.36. The second-order valence-electron chi connectivity index (χ2n) is 7.58. The van der Waals surface area contributed by atoms with Gasteiger partial charge in [0.2, 0.25) is 6.79 Å². The van der Waals surface area contributed by atoms with Crippen LogP contribution < -0.4 is 14.2 Å². The molecule has 0 radical (unpaired) electrons. The lowest BCUT2D eigenvalue weighted by Crippen LogP contribution is -2.37. The molecular formula is C23H28O5. The Kier molecular flexibility index (Phi) is 6.03. The highest BCUT2D eigenvalue weighted by atomic mass is 16.7. The van der Waals surface area contributed by atoms with Crippen molar-refractivity contribution in [2.75, 3.05) is 27.3 Å². The average molecular weight is 384 g/mol. The molecule has 3 atom stereocenters. The monoisotopic (exact) mass is 384 g/mol. The van der Waals surface area contributed by atoms with Crippen molar-refractivity contribution < 1.29 is 23.7 Å². The van der Waals surface area contributed by atoms with Crippen LogP contribution in [0.2, 0.25) is 0 Å². The van der Waals surface area contributed by atoms with Gasteiger partial charge in [0.1, 0.15) is 5.75 Å². The van der Waals surface area contributed by atoms with E-state index in [0.717, 1.165) is 43.1 Å². The topological polar surface area (TPSA) is 46.2 Å². The largest absolute Gasteiger partial charge is 0.468 e. The summed E-state index contributed by atoms with van der Waals surface area (Å²) in [7, 11) is 1.63. The number of methoxy groups -OCH3 is 1. The van der Waals surface area contributed by atoms with Gasteiger partial charge in [0.25, 0.3) is 0 Å². The van der Waals surface area contributed by atoms with Crippen molar-refractivity contribution in [2.24, 2.45) is 11.8 Å². The Labute approximate surface area is 166 Å². The first kappa shape index (κ1) is 19.1. The van der Waals surface area contributed by atoms with Gasteiger partial charge >= 0.3 is 0 Å². The lowest BCUT2D eigenvalue weighted by molar-refractivity contribution is -0.0458. The maximum atomic E-state index is 6.00. The molecule has 5 nitrogen and oxygen atoms in total. The quantitative estimate of drug-likeness (QED) is 0.669. The molecule has 28 heavy (non-hydrogen) atoms. The molecule has 1 unspecified atom stereocenters. The van der Waals surface area contributed by atoms with Gasteiger partial charge in [-0.3, -0.25) is 0 Å². The minimum Gasteiger partial charge on any atom is -0.468 e. The summed E-state index contributed by atoms with van der Waals surface area (Å²) in [5.41, 5.74) is 2.61. The predicted octanol–water partition coefficient (Wildman–Crippen LogP) is 4.22. The molecule has 150 valence electrons. The molecule has 1 saturated heterocycles. The zero-order valence-electron chi connectivity index (χ0n) is 16.6. The van der Waals surface area contributed by atoms with E-state index in [0.29, 0.717) is 18.6 Å². The van der Waals surface area contributed by atoms with E-state index < -0.39 is 0 Å². The summed E-state index contributed by atoms with van der Waals surface area (Å²) < 4.78 is 27.4. The standard InChI is InChI=1S/C23H28O5/c1-16-21(12-18-5-8-22-23(13-18)28-15-27-22)19(9-10-25-16)11-17-3-6-20(7-4-17)26-14-24-2/h3-8,13,16,19,21H,9-12,14-15H2,1-2H3/t16?,19-,21+/m1/s1. The highest BCUT2D eigenvalue weighted by Crippen LogP contribution is 2.37. The molecule has 0 aromatic heterocycles. The van der Waals surface area contributed by atoms with Crippen LogP contribution in [0.25, 0.3) is 0 Å². The van der Waals surface area contributed by atoms with E-state index in [1.54, 1.807) is 7.11 Å². The summed E-state index contributed by atoms with van der Waals surface area (Å²) in [6.45, 7) is 3.62. The molecule has 2 aliphatic heterocycles. The van der Waals surface area contributed by atoms with Crippen LogP contribution in [0, 0.1) is 11.8 Å². The molecule has 0 bridgehead atoms. The van der Waals surface area contributed by atoms with Gasteiger partial charge in [0.15, 0.2) is 18.3 Å². The average Bonchev–Trinajstić information content (AvgIpc) is 3.18. The van der Waals surface area contributed by atoms with Gasteiger partial charge in [-0.05, 0) is 73.4 Å². The summed E-state index contributed by atoms with van der Waals surface area (Å²) in [5.74, 6) is 3.58. The van der Waals surface area contributed by atoms with Gasteiger partial charge in [-0.2, -0.15) is 0 Å². The second kappa shape index (κ2) is 8.84. The van der Waals surface area contributed by atoms with E-state index >= 15 is 0 Å². The maximum Gasteiger partial charge on any atom is 0.231 e. The van der Waals surface area contributed by atoms with Crippen LogP contribution in [0.15, 0.2) is 42.5 Å². The molecule has 0 aliphatic carbocycles. The van der Waals surface area contributed by atoms with Crippen molar-refractivity contribution in [3.63, 3.8) is 0 Å². The lowest BCUT2D eigenvalue weighted by Gasteiger charge is -2.37. The van der Waals surface area contributed by atoms with Crippen LogP contribution in [0.5, 0.6) is 17.2 Å². The van der Waals surface area contributed by atoms with Crippen molar-refractivity contribution in [3.8, 4) is 17.2 Å². The van der Waals surface area contributed by atoms with Gasteiger partial charge in [-0.15, -0.1) is 0 Å². The molecule has 2 heterocycles. The number of fused-ring (bicyclic) bond motifs is 1. The minimum absolute atomic E-state index is 0.244. The second-order valence-corrected chi connectivity index (χ2v) is 7.58. The van der Waals surface area contributed by atoms with Gasteiger partial charge in [-0.1, -0.05) is 18.2 Å². The Bertz CT molecular complexity index is 773. The molecular weight excluding hydrogens is 356 g/mol. The Balaban J connectivity index is 1.44. The number of ether oxygens (including phenoxy) is 5. The maximum absolute atomic E-state index is 6.00. The highest BCUT2D eigenvalue weighted by molar-refractivity contribution is 5.44. The highest BCUT2D eigenvalue weighted by Gasteiger charge is 2.32. The minimum atomic E-state index is 0.244. The van der Waals surface area contributed by atoms with Crippen molar-refractivity contribution in [2.45, 2.75) is 32.3 Å². The van der Waals surface area contributed by atoms with E-state index in [2.05, 4.69) is 31.2 Å². The Morgan fingerprint density at radius 2 is 1.75 bits per heavy atom. The van der Waals surface area contributed by atoms with E-state index in [1.807, 2.05) is 18.2 Å². The van der Waals surface area contributed by atoms with E-state index in [4.69, 9.17) is 23.7 Å². The van der Waals surface area contributed by atoms with Gasteiger partial charge in [0, 0.05) is 13.7 Å². The molecule has 0 N–H and O–H groups in total. The molecule has 5 heteroatoms. The number of benzene rings is 2. The van der Waals surface area contributed by atoms with E-state index in [1.165, 1.54) is 11.1 Å². The van der Waals surface area contributed by atoms with Crippen LogP contribution >= 0.6 is 0 Å². The van der Waals surface area contributed by atoms with E-state index in [9.17, 15) is 0 Å². The molecule has 0 saturated carbocycles. The first-order valence-electron chi connectivity index (χ1n) is 9.93. The molecule has 0 amide bonds. The van der Waals surface area contributed by atoms with E-state index in [-0.39, 0.29) is 12.9 Å². The summed E-state index contributed by atoms with van der Waals surface area (Å²) in [5, 5.41) is 0. The van der Waals surface area contributed by atoms with Gasteiger partial charge < -0.3 is 23.7 Å². The Hall–Kier alpha value is -2.24. The summed E-state index contributed by atoms with van der Waals surface area (Å²) in [4.78, 5) is 0.